The summed E-state index contributed by atoms with van der Waals surface area (Å²) in [4.78, 5) is 0. The minimum Gasteiger partial charge on any atom is -0.394 e. The number of aliphatic hydroxyl groups excluding tert-OH is 1. The van der Waals surface area contributed by atoms with Crippen LogP contribution in [0.2, 0.25) is 0 Å². The molecule has 0 rings (SSSR count). The Hall–Kier alpha value is -0.0800. The van der Waals surface area contributed by atoms with Gasteiger partial charge in [0.2, 0.25) is 0 Å². The highest BCUT2D eigenvalue weighted by Gasteiger charge is 2.13. The Labute approximate surface area is 57.3 Å². The molecule has 9 heavy (non-hydrogen) atoms. The zero-order chi connectivity index (χ0) is 7.33. The maximum Gasteiger partial charge on any atom is 0.0607 e. The summed E-state index contributed by atoms with van der Waals surface area (Å²) in [5.41, 5.74) is -0.141. The molecule has 0 aliphatic carbocycles. The molecule has 0 aromatic heterocycles. The van der Waals surface area contributed by atoms with Crippen LogP contribution in [0, 0.1) is 6.92 Å². The molecule has 55 valence electrons. The quantitative estimate of drug-likeness (QED) is 0.583. The highest BCUT2D eigenvalue weighted by atomic mass is 16.3. The molecular weight excluding hydrogens is 114 g/mol. The molecule has 2 nitrogen and oxygen atoms in total. The molecule has 0 bridgehead atoms. The maximum absolute atomic E-state index is 8.74. The van der Waals surface area contributed by atoms with Gasteiger partial charge in [-0.3, -0.25) is 0 Å². The Balaban J connectivity index is 3.33. The van der Waals surface area contributed by atoms with E-state index in [1.54, 1.807) is 0 Å². The van der Waals surface area contributed by atoms with Crippen molar-refractivity contribution in [3.63, 3.8) is 0 Å². The van der Waals surface area contributed by atoms with E-state index >= 15 is 0 Å². The Morgan fingerprint density at radius 1 is 1.56 bits per heavy atom. The number of aliphatic hydroxyl groups is 1. The molecular formula is C7H16NO. The fourth-order valence-electron chi connectivity index (χ4n) is 0.483. The van der Waals surface area contributed by atoms with Crippen molar-refractivity contribution in [2.24, 2.45) is 0 Å². The van der Waals surface area contributed by atoms with E-state index in [1.807, 2.05) is 13.8 Å². The summed E-state index contributed by atoms with van der Waals surface area (Å²) in [6.45, 7) is 8.64. The van der Waals surface area contributed by atoms with E-state index in [-0.39, 0.29) is 12.1 Å². The third kappa shape index (κ3) is 4.43. The lowest BCUT2D eigenvalue weighted by Gasteiger charge is -2.22. The van der Waals surface area contributed by atoms with Crippen molar-refractivity contribution in [2.75, 3.05) is 13.2 Å². The van der Waals surface area contributed by atoms with E-state index in [0.29, 0.717) is 0 Å². The van der Waals surface area contributed by atoms with E-state index in [9.17, 15) is 0 Å². The Morgan fingerprint density at radius 2 is 2.11 bits per heavy atom. The lowest BCUT2D eigenvalue weighted by molar-refractivity contribution is 0.189. The van der Waals surface area contributed by atoms with Crippen LogP contribution in [0.3, 0.4) is 0 Å². The molecule has 0 aromatic carbocycles. The summed E-state index contributed by atoms with van der Waals surface area (Å²) < 4.78 is 0. The normalized spacial score (nSPS) is 12.0. The predicted octanol–water partition coefficient (Wildman–Crippen LogP) is 0.571. The van der Waals surface area contributed by atoms with Crippen LogP contribution in [-0.4, -0.2) is 23.8 Å². The van der Waals surface area contributed by atoms with E-state index < -0.39 is 0 Å². The third-order valence-electron chi connectivity index (χ3n) is 1.18. The van der Waals surface area contributed by atoms with E-state index in [0.717, 1.165) is 13.0 Å². The van der Waals surface area contributed by atoms with Gasteiger partial charge in [0.1, 0.15) is 0 Å². The largest absolute Gasteiger partial charge is 0.394 e. The minimum absolute atomic E-state index is 0.141. The zero-order valence-electron chi connectivity index (χ0n) is 6.28. The van der Waals surface area contributed by atoms with Crippen molar-refractivity contribution in [3.8, 4) is 0 Å². The SMILES string of the molecule is [CH2]CCNC(C)(C)CO. The standard InChI is InChI=1S/C7H16NO/c1-4-5-8-7(2,3)6-9/h8-9H,1,4-6H2,2-3H3. The van der Waals surface area contributed by atoms with Crippen LogP contribution in [0.4, 0.5) is 0 Å². The van der Waals surface area contributed by atoms with Gasteiger partial charge in [0.05, 0.1) is 6.61 Å². The van der Waals surface area contributed by atoms with Crippen molar-refractivity contribution < 1.29 is 5.11 Å². The predicted molar refractivity (Wildman–Crippen MR) is 39.1 cm³/mol. The molecule has 0 aliphatic heterocycles. The number of hydrogen-bond acceptors (Lipinski definition) is 2. The highest BCUT2D eigenvalue weighted by molar-refractivity contribution is 4.75. The highest BCUT2D eigenvalue weighted by Crippen LogP contribution is 1.98. The van der Waals surface area contributed by atoms with Crippen LogP contribution >= 0.6 is 0 Å². The van der Waals surface area contributed by atoms with Gasteiger partial charge in [0.15, 0.2) is 0 Å². The number of rotatable bonds is 4. The van der Waals surface area contributed by atoms with Gasteiger partial charge in [-0.05, 0) is 26.8 Å². The summed E-state index contributed by atoms with van der Waals surface area (Å²) in [5, 5.41) is 11.9. The molecule has 2 N–H and O–H groups in total. The van der Waals surface area contributed by atoms with E-state index in [1.165, 1.54) is 0 Å². The fourth-order valence-corrected chi connectivity index (χ4v) is 0.483. The van der Waals surface area contributed by atoms with Crippen molar-refractivity contribution in [3.05, 3.63) is 6.92 Å². The maximum atomic E-state index is 8.74. The smallest absolute Gasteiger partial charge is 0.0607 e. The zero-order valence-corrected chi connectivity index (χ0v) is 6.28. The first-order valence-electron chi connectivity index (χ1n) is 3.27. The number of hydrogen-bond donors (Lipinski definition) is 2. The van der Waals surface area contributed by atoms with Gasteiger partial charge < -0.3 is 10.4 Å². The molecule has 0 fully saturated rings. The van der Waals surface area contributed by atoms with Crippen LogP contribution in [0.15, 0.2) is 0 Å². The second-order valence-corrected chi connectivity index (χ2v) is 2.82. The first-order valence-corrected chi connectivity index (χ1v) is 3.27. The van der Waals surface area contributed by atoms with E-state index in [2.05, 4.69) is 12.2 Å². The van der Waals surface area contributed by atoms with Crippen LogP contribution in [0.25, 0.3) is 0 Å². The average molecular weight is 130 g/mol. The van der Waals surface area contributed by atoms with Gasteiger partial charge in [0, 0.05) is 5.54 Å². The molecule has 0 atom stereocenters. The summed E-state index contributed by atoms with van der Waals surface area (Å²) in [6.07, 6.45) is 0.865. The molecule has 0 heterocycles. The monoisotopic (exact) mass is 130 g/mol. The topological polar surface area (TPSA) is 32.3 Å². The van der Waals surface area contributed by atoms with Gasteiger partial charge in [-0.25, -0.2) is 0 Å². The van der Waals surface area contributed by atoms with Gasteiger partial charge in [0.25, 0.3) is 0 Å². The van der Waals surface area contributed by atoms with Crippen LogP contribution in [0.5, 0.6) is 0 Å². The Kier molecular flexibility index (Phi) is 3.82. The van der Waals surface area contributed by atoms with Crippen molar-refractivity contribution in [1.29, 1.82) is 0 Å². The van der Waals surface area contributed by atoms with Crippen molar-refractivity contribution >= 4 is 0 Å². The third-order valence-corrected chi connectivity index (χ3v) is 1.18. The van der Waals surface area contributed by atoms with Crippen LogP contribution in [0.1, 0.15) is 20.3 Å². The average Bonchev–Trinajstić information content (AvgIpc) is 1.84. The molecule has 0 spiro atoms. The van der Waals surface area contributed by atoms with Crippen LogP contribution < -0.4 is 5.32 Å². The van der Waals surface area contributed by atoms with Crippen LogP contribution in [-0.2, 0) is 0 Å². The molecule has 1 radical (unpaired) electrons. The summed E-state index contributed by atoms with van der Waals surface area (Å²) in [5.74, 6) is 0. The first-order chi connectivity index (χ1) is 4.12. The molecule has 0 saturated heterocycles. The second-order valence-electron chi connectivity index (χ2n) is 2.82. The van der Waals surface area contributed by atoms with E-state index in [4.69, 9.17) is 5.11 Å². The molecule has 0 aliphatic rings. The summed E-state index contributed by atoms with van der Waals surface area (Å²) in [7, 11) is 0. The Bertz CT molecular complexity index is 71.3. The van der Waals surface area contributed by atoms with Crippen molar-refractivity contribution in [2.45, 2.75) is 25.8 Å². The van der Waals surface area contributed by atoms with Crippen molar-refractivity contribution in [1.82, 2.24) is 5.32 Å². The van der Waals surface area contributed by atoms with Gasteiger partial charge in [-0.2, -0.15) is 0 Å². The van der Waals surface area contributed by atoms with Gasteiger partial charge >= 0.3 is 0 Å². The molecule has 0 saturated carbocycles. The number of nitrogens with one attached hydrogen (secondary N) is 1. The summed E-state index contributed by atoms with van der Waals surface area (Å²) in [6, 6.07) is 0. The lowest BCUT2D eigenvalue weighted by atomic mass is 10.1. The minimum atomic E-state index is -0.141. The van der Waals surface area contributed by atoms with Gasteiger partial charge in [-0.15, -0.1) is 0 Å². The Morgan fingerprint density at radius 3 is 2.44 bits per heavy atom. The second kappa shape index (κ2) is 3.85. The fraction of sp³-hybridized carbons (Fsp3) is 0.857. The molecule has 0 unspecified atom stereocenters. The molecule has 0 amide bonds. The first kappa shape index (κ1) is 8.92. The molecule has 2 heteroatoms. The molecule has 0 aromatic rings. The lowest BCUT2D eigenvalue weighted by Crippen LogP contribution is -2.42. The summed E-state index contributed by atoms with van der Waals surface area (Å²) >= 11 is 0. The van der Waals surface area contributed by atoms with Gasteiger partial charge in [-0.1, -0.05) is 6.92 Å².